The van der Waals surface area contributed by atoms with Crippen molar-refractivity contribution < 1.29 is 4.79 Å². The fourth-order valence-electron chi connectivity index (χ4n) is 4.12. The Bertz CT molecular complexity index is 379. The molecule has 19 heavy (non-hydrogen) atoms. The summed E-state index contributed by atoms with van der Waals surface area (Å²) in [6.07, 6.45) is 5.08. The number of piperazine rings is 1. The van der Waals surface area contributed by atoms with Gasteiger partial charge in [-0.15, -0.1) is 0 Å². The molecular formula is C15H25N3O. The van der Waals surface area contributed by atoms with E-state index in [4.69, 9.17) is 0 Å². The molecule has 4 rings (SSSR count). The van der Waals surface area contributed by atoms with Gasteiger partial charge in [-0.3, -0.25) is 15.0 Å². The third kappa shape index (κ3) is 2.00. The van der Waals surface area contributed by atoms with Gasteiger partial charge in [-0.2, -0.15) is 0 Å². The lowest BCUT2D eigenvalue weighted by molar-refractivity contribution is -0.137. The molecule has 2 bridgehead atoms. The topological polar surface area (TPSA) is 45.5 Å². The number of likely N-dealkylation sites (tertiary alicyclic amines) is 1. The number of hydrogen-bond donors (Lipinski definition) is 1. The summed E-state index contributed by atoms with van der Waals surface area (Å²) < 4.78 is 0. The van der Waals surface area contributed by atoms with E-state index in [0.29, 0.717) is 30.1 Å². The number of carbonyl (C=O) groups is 1. The first kappa shape index (κ1) is 12.2. The van der Waals surface area contributed by atoms with Crippen LogP contribution in [0.5, 0.6) is 0 Å². The molecule has 4 heteroatoms. The Morgan fingerprint density at radius 3 is 2.26 bits per heavy atom. The van der Waals surface area contributed by atoms with E-state index in [2.05, 4.69) is 29.0 Å². The number of hydrogen-bond acceptors (Lipinski definition) is 3. The lowest BCUT2D eigenvalue weighted by atomic mass is 10.1. The lowest BCUT2D eigenvalue weighted by Gasteiger charge is -2.42. The Hall–Kier alpha value is -0.610. The molecule has 3 saturated heterocycles. The van der Waals surface area contributed by atoms with Crippen LogP contribution in [0.25, 0.3) is 0 Å². The minimum atomic E-state index is 0.168. The van der Waals surface area contributed by atoms with Crippen LogP contribution in [0, 0.1) is 5.92 Å². The van der Waals surface area contributed by atoms with E-state index in [9.17, 15) is 4.79 Å². The van der Waals surface area contributed by atoms with Crippen molar-refractivity contribution in [1.29, 1.82) is 0 Å². The van der Waals surface area contributed by atoms with Gasteiger partial charge in [0.1, 0.15) is 6.04 Å². The quantitative estimate of drug-likeness (QED) is 0.767. The second-order valence-corrected chi connectivity index (χ2v) is 7.19. The van der Waals surface area contributed by atoms with Crippen LogP contribution in [0.4, 0.5) is 0 Å². The van der Waals surface area contributed by atoms with E-state index in [1.54, 1.807) is 0 Å². The third-order valence-corrected chi connectivity index (χ3v) is 5.51. The lowest BCUT2D eigenvalue weighted by Crippen LogP contribution is -2.58. The highest BCUT2D eigenvalue weighted by Crippen LogP contribution is 2.41. The highest BCUT2D eigenvalue weighted by atomic mass is 16.2. The van der Waals surface area contributed by atoms with Crippen LogP contribution in [0.1, 0.15) is 39.5 Å². The maximum absolute atomic E-state index is 12.7. The molecular weight excluding hydrogens is 238 g/mol. The summed E-state index contributed by atoms with van der Waals surface area (Å²) in [5, 5.41) is 3.43. The van der Waals surface area contributed by atoms with Gasteiger partial charge < -0.3 is 4.90 Å². The maximum Gasteiger partial charge on any atom is 0.241 e. The molecule has 0 aromatic heterocycles. The molecule has 1 N–H and O–H groups in total. The van der Waals surface area contributed by atoms with Gasteiger partial charge in [0, 0.05) is 37.3 Å². The van der Waals surface area contributed by atoms with E-state index in [1.807, 2.05) is 0 Å². The van der Waals surface area contributed by atoms with E-state index in [0.717, 1.165) is 19.0 Å². The molecule has 3 aliphatic heterocycles. The molecule has 0 radical (unpaired) electrons. The summed E-state index contributed by atoms with van der Waals surface area (Å²) in [5.74, 6) is 1.22. The summed E-state index contributed by atoms with van der Waals surface area (Å²) in [6, 6.07) is 2.27. The second kappa shape index (κ2) is 4.19. The first-order valence-electron chi connectivity index (χ1n) is 7.97. The zero-order chi connectivity index (χ0) is 13.1. The van der Waals surface area contributed by atoms with E-state index in [-0.39, 0.29) is 6.04 Å². The molecule has 106 valence electrons. The van der Waals surface area contributed by atoms with E-state index in [1.165, 1.54) is 25.7 Å². The van der Waals surface area contributed by atoms with Crippen molar-refractivity contribution in [2.45, 2.75) is 69.7 Å². The number of fused-ring (bicyclic) bond motifs is 2. The van der Waals surface area contributed by atoms with Crippen LogP contribution in [0.2, 0.25) is 0 Å². The van der Waals surface area contributed by atoms with Crippen LogP contribution in [0.15, 0.2) is 0 Å². The normalized spacial score (nSPS) is 41.9. The fourth-order valence-corrected chi connectivity index (χ4v) is 4.12. The molecule has 3 heterocycles. The highest BCUT2D eigenvalue weighted by Gasteiger charge is 2.55. The Balaban J connectivity index is 1.43. The Labute approximate surface area is 115 Å². The van der Waals surface area contributed by atoms with Crippen LogP contribution in [-0.4, -0.2) is 59.0 Å². The fraction of sp³-hybridized carbons (Fsp3) is 0.933. The van der Waals surface area contributed by atoms with Gasteiger partial charge in [0.25, 0.3) is 0 Å². The highest BCUT2D eigenvalue weighted by molar-refractivity contribution is 5.87. The molecule has 1 aliphatic carbocycles. The van der Waals surface area contributed by atoms with E-state index < -0.39 is 0 Å². The van der Waals surface area contributed by atoms with Gasteiger partial charge in [0.15, 0.2) is 0 Å². The number of amides is 1. The molecule has 1 amide bonds. The molecule has 4 fully saturated rings. The Kier molecular flexibility index (Phi) is 2.68. The van der Waals surface area contributed by atoms with Crippen molar-refractivity contribution in [2.75, 3.05) is 13.1 Å². The zero-order valence-electron chi connectivity index (χ0n) is 12.0. The average Bonchev–Trinajstić information content (AvgIpc) is 3.26. The Morgan fingerprint density at radius 1 is 1.11 bits per heavy atom. The van der Waals surface area contributed by atoms with Gasteiger partial charge in [-0.1, -0.05) is 0 Å². The van der Waals surface area contributed by atoms with Gasteiger partial charge in [-0.25, -0.2) is 0 Å². The van der Waals surface area contributed by atoms with Crippen molar-refractivity contribution in [2.24, 2.45) is 5.92 Å². The number of carbonyl (C=O) groups excluding carboxylic acids is 1. The Morgan fingerprint density at radius 2 is 1.74 bits per heavy atom. The van der Waals surface area contributed by atoms with Crippen molar-refractivity contribution >= 4 is 5.91 Å². The van der Waals surface area contributed by atoms with Gasteiger partial charge in [0.2, 0.25) is 5.91 Å². The van der Waals surface area contributed by atoms with Crippen molar-refractivity contribution in [3.63, 3.8) is 0 Å². The summed E-state index contributed by atoms with van der Waals surface area (Å²) in [6.45, 7) is 6.70. The summed E-state index contributed by atoms with van der Waals surface area (Å²) in [5.41, 5.74) is 0. The zero-order valence-corrected chi connectivity index (χ0v) is 12.0. The molecule has 4 nitrogen and oxygen atoms in total. The SMILES string of the molecule is CC(C)N1CC2CCC(C1)N2C(=O)[C@@H]1N[C@@H]1C1CC1. The van der Waals surface area contributed by atoms with Crippen molar-refractivity contribution in [3.05, 3.63) is 0 Å². The maximum atomic E-state index is 12.7. The second-order valence-electron chi connectivity index (χ2n) is 7.19. The average molecular weight is 263 g/mol. The van der Waals surface area contributed by atoms with Crippen LogP contribution >= 0.6 is 0 Å². The van der Waals surface area contributed by atoms with Gasteiger partial charge in [0.05, 0.1) is 0 Å². The predicted octanol–water partition coefficient (Wildman–Crippen LogP) is 0.820. The number of rotatable bonds is 3. The molecule has 1 saturated carbocycles. The molecule has 4 atom stereocenters. The predicted molar refractivity (Wildman–Crippen MR) is 73.8 cm³/mol. The number of nitrogens with one attached hydrogen (secondary N) is 1. The summed E-state index contributed by atoms with van der Waals surface area (Å²) in [4.78, 5) is 17.5. The third-order valence-electron chi connectivity index (χ3n) is 5.51. The monoisotopic (exact) mass is 263 g/mol. The van der Waals surface area contributed by atoms with Crippen LogP contribution in [-0.2, 0) is 4.79 Å². The number of nitrogens with zero attached hydrogens (tertiary/aromatic N) is 2. The van der Waals surface area contributed by atoms with Gasteiger partial charge in [-0.05, 0) is 45.4 Å². The molecule has 0 spiro atoms. The molecule has 0 aromatic carbocycles. The smallest absolute Gasteiger partial charge is 0.241 e. The largest absolute Gasteiger partial charge is 0.333 e. The molecule has 0 aromatic rings. The van der Waals surface area contributed by atoms with Crippen LogP contribution < -0.4 is 5.32 Å². The van der Waals surface area contributed by atoms with Crippen LogP contribution in [0.3, 0.4) is 0 Å². The standard InChI is InChI=1S/C15H25N3O/c1-9(2)17-7-11-5-6-12(8-17)18(11)15(19)14-13(16-14)10-3-4-10/h9-14,16H,3-8H2,1-2H3/t11?,12?,13-,14-/m1/s1. The molecule has 2 unspecified atom stereocenters. The van der Waals surface area contributed by atoms with E-state index >= 15 is 0 Å². The summed E-state index contributed by atoms with van der Waals surface area (Å²) in [7, 11) is 0. The summed E-state index contributed by atoms with van der Waals surface area (Å²) >= 11 is 0. The first-order chi connectivity index (χ1) is 9.15. The first-order valence-corrected chi connectivity index (χ1v) is 7.97. The van der Waals surface area contributed by atoms with Crippen molar-refractivity contribution in [1.82, 2.24) is 15.1 Å². The minimum Gasteiger partial charge on any atom is -0.333 e. The minimum absolute atomic E-state index is 0.168. The van der Waals surface area contributed by atoms with Crippen molar-refractivity contribution in [3.8, 4) is 0 Å². The molecule has 4 aliphatic rings. The van der Waals surface area contributed by atoms with Gasteiger partial charge >= 0.3 is 0 Å².